The lowest BCUT2D eigenvalue weighted by atomic mass is 10.1. The predicted molar refractivity (Wildman–Crippen MR) is 76.3 cm³/mol. The van der Waals surface area contributed by atoms with Gasteiger partial charge in [0.1, 0.15) is 0 Å². The molecule has 0 unspecified atom stereocenters. The zero-order chi connectivity index (χ0) is 14.0. The van der Waals surface area contributed by atoms with E-state index in [1.807, 2.05) is 25.2 Å². The molecular weight excluding hydrogens is 264 g/mol. The second-order valence-electron chi connectivity index (χ2n) is 4.24. The van der Waals surface area contributed by atoms with E-state index in [2.05, 4.69) is 21.5 Å². The van der Waals surface area contributed by atoms with Crippen LogP contribution in [0.5, 0.6) is 0 Å². The van der Waals surface area contributed by atoms with E-state index in [4.69, 9.17) is 0 Å². The van der Waals surface area contributed by atoms with Crippen LogP contribution >= 0.6 is 0 Å². The zero-order valence-electron chi connectivity index (χ0n) is 11.3. The van der Waals surface area contributed by atoms with Crippen molar-refractivity contribution in [2.45, 2.75) is 20.3 Å². The van der Waals surface area contributed by atoms with Crippen LogP contribution in [0.15, 0.2) is 18.2 Å². The van der Waals surface area contributed by atoms with E-state index in [9.17, 15) is 8.42 Å². The molecule has 0 fully saturated rings. The summed E-state index contributed by atoms with van der Waals surface area (Å²) in [6.45, 7) is 4.12. The van der Waals surface area contributed by atoms with Gasteiger partial charge in [0, 0.05) is 19.0 Å². The second kappa shape index (κ2) is 5.18. The molecule has 0 bridgehead atoms. The normalized spacial score (nSPS) is 11.9. The largest absolute Gasteiger partial charge is 0.300 e. The van der Waals surface area contributed by atoms with Gasteiger partial charge in [-0.1, -0.05) is 26.0 Å². The Bertz CT molecular complexity index is 691. The maximum absolute atomic E-state index is 11.7. The number of nitrogens with one attached hydrogen (secondary N) is 2. The summed E-state index contributed by atoms with van der Waals surface area (Å²) in [6, 6.07) is 5.80. The lowest BCUT2D eigenvalue weighted by molar-refractivity contribution is 0.589. The fraction of sp³-hybridized carbons (Fsp3) is 0.417. The summed E-state index contributed by atoms with van der Waals surface area (Å²) in [5.74, 6) is 0.355. The van der Waals surface area contributed by atoms with E-state index in [0.717, 1.165) is 22.9 Å². The summed E-state index contributed by atoms with van der Waals surface area (Å²) in [5, 5.41) is 5.06. The van der Waals surface area contributed by atoms with Crippen LogP contribution in [0, 0.1) is 0 Å². The van der Waals surface area contributed by atoms with E-state index in [0.29, 0.717) is 12.4 Å². The van der Waals surface area contributed by atoms with Crippen molar-refractivity contribution < 1.29 is 8.42 Å². The number of aromatic nitrogens is 2. The number of nitrogens with zero attached hydrogens (tertiary/aromatic N) is 2. The summed E-state index contributed by atoms with van der Waals surface area (Å²) in [4.78, 5) is 0. The van der Waals surface area contributed by atoms with Crippen LogP contribution in [-0.2, 0) is 23.7 Å². The van der Waals surface area contributed by atoms with Gasteiger partial charge in [0.2, 0.25) is 0 Å². The number of rotatable bonds is 5. The molecule has 0 aliphatic carbocycles. The Hall–Kier alpha value is -1.60. The topological polar surface area (TPSA) is 76.0 Å². The van der Waals surface area contributed by atoms with E-state index in [1.165, 1.54) is 0 Å². The van der Waals surface area contributed by atoms with Crippen molar-refractivity contribution in [3.8, 4) is 0 Å². The Morgan fingerprint density at radius 2 is 2.05 bits per heavy atom. The van der Waals surface area contributed by atoms with Gasteiger partial charge in [-0.15, -0.1) is 0 Å². The molecule has 7 heteroatoms. The van der Waals surface area contributed by atoms with Crippen molar-refractivity contribution in [1.82, 2.24) is 14.5 Å². The standard InChI is InChI=1S/C12H18N4O2S/c1-4-9-7-6-8-10-11(9)16(3)14-12(10)15-19(17,18)13-5-2/h6-8,13H,4-5H2,1-3H3,(H,14,15). The van der Waals surface area contributed by atoms with Crippen molar-refractivity contribution in [3.05, 3.63) is 23.8 Å². The molecule has 0 saturated heterocycles. The first-order valence-corrected chi connectivity index (χ1v) is 7.68. The minimum Gasteiger partial charge on any atom is -0.266 e. The molecule has 0 amide bonds. The maximum atomic E-state index is 11.7. The molecule has 0 spiro atoms. The molecule has 19 heavy (non-hydrogen) atoms. The van der Waals surface area contributed by atoms with Crippen molar-refractivity contribution in [2.24, 2.45) is 7.05 Å². The predicted octanol–water partition coefficient (Wildman–Crippen LogP) is 1.40. The molecule has 0 aliphatic heterocycles. The third-order valence-corrected chi connectivity index (χ3v) is 4.03. The molecule has 1 aromatic heterocycles. The van der Waals surface area contributed by atoms with Gasteiger partial charge in [0.05, 0.1) is 5.52 Å². The quantitative estimate of drug-likeness (QED) is 0.870. The number of fused-ring (bicyclic) bond motifs is 1. The first kappa shape index (κ1) is 13.8. The smallest absolute Gasteiger partial charge is 0.266 e. The van der Waals surface area contributed by atoms with Gasteiger partial charge >= 0.3 is 0 Å². The number of hydrogen-bond donors (Lipinski definition) is 2. The number of anilines is 1. The Balaban J connectivity index is 2.52. The summed E-state index contributed by atoms with van der Waals surface area (Å²) >= 11 is 0. The molecule has 2 N–H and O–H groups in total. The van der Waals surface area contributed by atoms with Crippen LogP contribution in [0.25, 0.3) is 10.9 Å². The highest BCUT2D eigenvalue weighted by Gasteiger charge is 2.16. The highest BCUT2D eigenvalue weighted by Crippen LogP contribution is 2.26. The number of aryl methyl sites for hydroxylation is 2. The van der Waals surface area contributed by atoms with Gasteiger partial charge in [0.25, 0.3) is 10.2 Å². The average molecular weight is 282 g/mol. The minimum absolute atomic E-state index is 0.334. The molecule has 2 rings (SSSR count). The van der Waals surface area contributed by atoms with Crippen LogP contribution in [-0.4, -0.2) is 24.7 Å². The highest BCUT2D eigenvalue weighted by molar-refractivity contribution is 7.90. The molecule has 0 atom stereocenters. The van der Waals surface area contributed by atoms with Crippen LogP contribution in [0.3, 0.4) is 0 Å². The molecule has 104 valence electrons. The summed E-state index contributed by atoms with van der Waals surface area (Å²) < 4.78 is 30.0. The lowest BCUT2D eigenvalue weighted by Crippen LogP contribution is -2.30. The molecule has 1 aromatic carbocycles. The Morgan fingerprint density at radius 1 is 1.32 bits per heavy atom. The minimum atomic E-state index is -3.56. The van der Waals surface area contributed by atoms with E-state index in [-0.39, 0.29) is 0 Å². The molecule has 0 radical (unpaired) electrons. The van der Waals surface area contributed by atoms with Crippen LogP contribution in [0.2, 0.25) is 0 Å². The molecular formula is C12H18N4O2S. The molecule has 0 saturated carbocycles. The van der Waals surface area contributed by atoms with Crippen LogP contribution in [0.1, 0.15) is 19.4 Å². The molecule has 6 nitrogen and oxygen atoms in total. The summed E-state index contributed by atoms with van der Waals surface area (Å²) in [5.41, 5.74) is 2.10. The van der Waals surface area contributed by atoms with Gasteiger partial charge in [-0.25, -0.2) is 0 Å². The third kappa shape index (κ3) is 2.71. The SMILES string of the molecule is CCNS(=O)(=O)Nc1nn(C)c2c(CC)cccc12. The van der Waals surface area contributed by atoms with E-state index in [1.54, 1.807) is 11.6 Å². The van der Waals surface area contributed by atoms with Crippen molar-refractivity contribution in [2.75, 3.05) is 11.3 Å². The summed E-state index contributed by atoms with van der Waals surface area (Å²) in [6.07, 6.45) is 0.871. The first-order valence-electron chi connectivity index (χ1n) is 6.20. The third-order valence-electron chi connectivity index (χ3n) is 2.89. The maximum Gasteiger partial charge on any atom is 0.300 e. The van der Waals surface area contributed by atoms with Gasteiger partial charge in [0.15, 0.2) is 5.82 Å². The Kier molecular flexibility index (Phi) is 3.77. The van der Waals surface area contributed by atoms with Crippen molar-refractivity contribution in [3.63, 3.8) is 0 Å². The molecule has 2 aromatic rings. The van der Waals surface area contributed by atoms with Crippen molar-refractivity contribution >= 4 is 26.9 Å². The first-order chi connectivity index (χ1) is 8.98. The van der Waals surface area contributed by atoms with Crippen molar-refractivity contribution in [1.29, 1.82) is 0 Å². The second-order valence-corrected chi connectivity index (χ2v) is 5.74. The number of hydrogen-bond acceptors (Lipinski definition) is 3. The van der Waals surface area contributed by atoms with Gasteiger partial charge < -0.3 is 0 Å². The van der Waals surface area contributed by atoms with Gasteiger partial charge in [-0.05, 0) is 18.1 Å². The van der Waals surface area contributed by atoms with Gasteiger partial charge in [-0.3, -0.25) is 9.40 Å². The van der Waals surface area contributed by atoms with E-state index >= 15 is 0 Å². The van der Waals surface area contributed by atoms with E-state index < -0.39 is 10.2 Å². The Morgan fingerprint density at radius 3 is 2.68 bits per heavy atom. The highest BCUT2D eigenvalue weighted by atomic mass is 32.2. The number of benzene rings is 1. The monoisotopic (exact) mass is 282 g/mol. The lowest BCUT2D eigenvalue weighted by Gasteiger charge is -2.05. The molecule has 0 aliphatic rings. The average Bonchev–Trinajstić information content (AvgIpc) is 2.65. The fourth-order valence-electron chi connectivity index (χ4n) is 2.13. The van der Waals surface area contributed by atoms with Crippen LogP contribution in [0.4, 0.5) is 5.82 Å². The van der Waals surface area contributed by atoms with Gasteiger partial charge in [-0.2, -0.15) is 18.2 Å². The zero-order valence-corrected chi connectivity index (χ0v) is 12.1. The summed E-state index contributed by atoms with van der Waals surface area (Å²) in [7, 11) is -1.75. The Labute approximate surface area is 113 Å². The fourth-order valence-corrected chi connectivity index (χ4v) is 2.99. The van der Waals surface area contributed by atoms with Crippen LogP contribution < -0.4 is 9.44 Å². The molecule has 1 heterocycles. The number of para-hydroxylation sites is 1.